The Labute approximate surface area is 130 Å². The highest BCUT2D eigenvalue weighted by Crippen LogP contribution is 2.25. The molecule has 0 unspecified atom stereocenters. The summed E-state index contributed by atoms with van der Waals surface area (Å²) in [6.07, 6.45) is 3.27. The van der Waals surface area contributed by atoms with Crippen molar-refractivity contribution in [1.29, 1.82) is 0 Å². The molecule has 2 aromatic heterocycles. The summed E-state index contributed by atoms with van der Waals surface area (Å²) >= 11 is 0. The van der Waals surface area contributed by atoms with Gasteiger partial charge >= 0.3 is 6.55 Å². The third kappa shape index (κ3) is 3.05. The van der Waals surface area contributed by atoms with E-state index in [1.807, 2.05) is 26.8 Å². The molecule has 2 rings (SSSR count). The van der Waals surface area contributed by atoms with Gasteiger partial charge in [0.25, 0.3) is 0 Å². The lowest BCUT2D eigenvalue weighted by atomic mass is 9.90. The van der Waals surface area contributed by atoms with Crippen LogP contribution in [0.15, 0.2) is 18.5 Å². The van der Waals surface area contributed by atoms with Crippen LogP contribution in [0, 0.1) is 0 Å². The molecule has 122 valence electrons. The van der Waals surface area contributed by atoms with Crippen LogP contribution in [0.25, 0.3) is 5.82 Å². The van der Waals surface area contributed by atoms with Crippen molar-refractivity contribution in [3.63, 3.8) is 0 Å². The zero-order chi connectivity index (χ0) is 16.9. The maximum Gasteiger partial charge on any atom is 0.473 e. The molecule has 0 aliphatic carbocycles. The third-order valence-electron chi connectivity index (χ3n) is 3.71. The van der Waals surface area contributed by atoms with Gasteiger partial charge in [0.15, 0.2) is 5.82 Å². The van der Waals surface area contributed by atoms with Gasteiger partial charge in [-0.1, -0.05) is 41.5 Å². The first-order valence-electron chi connectivity index (χ1n) is 7.38. The number of nitrogens with zero attached hydrogens (tertiary/aromatic N) is 4. The van der Waals surface area contributed by atoms with Gasteiger partial charge in [0, 0.05) is 24.1 Å². The molecule has 6 heteroatoms. The van der Waals surface area contributed by atoms with E-state index in [1.165, 1.54) is 10.9 Å². The molecule has 2 heterocycles. The summed E-state index contributed by atoms with van der Waals surface area (Å²) in [6, 6.07) is 1.87. The molecule has 0 amide bonds. The summed E-state index contributed by atoms with van der Waals surface area (Å²) in [5.74, 6) is 0.626. The standard InChI is InChI=1S/C16H25F2N4/c1-15(2,3)11-9-21(22(10-11)14(17)18)13-8-12(16(4,5)6)19-20(13)7/h8-10,14H,1-7H3/q+1. The summed E-state index contributed by atoms with van der Waals surface area (Å²) in [7, 11) is 1.77. The van der Waals surface area contributed by atoms with Crippen LogP contribution in [0.1, 0.15) is 59.3 Å². The molecular weight excluding hydrogens is 286 g/mol. The largest absolute Gasteiger partial charge is 0.473 e. The second kappa shape index (κ2) is 5.18. The summed E-state index contributed by atoms with van der Waals surface area (Å²) in [4.78, 5) is 0. The van der Waals surface area contributed by atoms with E-state index in [9.17, 15) is 8.78 Å². The van der Waals surface area contributed by atoms with Crippen LogP contribution in [-0.4, -0.2) is 14.5 Å². The zero-order valence-corrected chi connectivity index (χ0v) is 14.4. The minimum atomic E-state index is -2.61. The first kappa shape index (κ1) is 16.6. The normalized spacial score (nSPS) is 13.2. The Morgan fingerprint density at radius 1 is 1.09 bits per heavy atom. The molecule has 0 radical (unpaired) electrons. The van der Waals surface area contributed by atoms with Crippen LogP contribution in [-0.2, 0) is 17.9 Å². The lowest BCUT2D eigenvalue weighted by Crippen LogP contribution is -2.43. The van der Waals surface area contributed by atoms with Crippen LogP contribution in [0.2, 0.25) is 0 Å². The quantitative estimate of drug-likeness (QED) is 0.780. The molecule has 0 aliphatic heterocycles. The van der Waals surface area contributed by atoms with E-state index >= 15 is 0 Å². The Hall–Kier alpha value is -1.72. The highest BCUT2D eigenvalue weighted by Gasteiger charge is 2.31. The Morgan fingerprint density at radius 3 is 2.09 bits per heavy atom. The molecule has 2 aromatic rings. The van der Waals surface area contributed by atoms with Crippen molar-refractivity contribution in [3.05, 3.63) is 29.7 Å². The van der Waals surface area contributed by atoms with Gasteiger partial charge in [-0.25, -0.2) is 4.68 Å². The van der Waals surface area contributed by atoms with Crippen LogP contribution in [0.5, 0.6) is 0 Å². The van der Waals surface area contributed by atoms with E-state index in [0.29, 0.717) is 5.82 Å². The highest BCUT2D eigenvalue weighted by molar-refractivity contribution is 5.29. The van der Waals surface area contributed by atoms with Gasteiger partial charge in [-0.15, -0.1) is 13.5 Å². The zero-order valence-electron chi connectivity index (χ0n) is 14.4. The van der Waals surface area contributed by atoms with Crippen molar-refractivity contribution in [1.82, 2.24) is 14.5 Å². The topological polar surface area (TPSA) is 26.6 Å². The van der Waals surface area contributed by atoms with E-state index in [1.54, 1.807) is 17.9 Å². The fraction of sp³-hybridized carbons (Fsp3) is 0.625. The molecule has 0 fully saturated rings. The molecule has 0 saturated heterocycles. The number of aromatic nitrogens is 4. The van der Waals surface area contributed by atoms with Gasteiger partial charge < -0.3 is 0 Å². The lowest BCUT2D eigenvalue weighted by Gasteiger charge is -2.13. The Morgan fingerprint density at radius 2 is 1.68 bits per heavy atom. The first-order valence-corrected chi connectivity index (χ1v) is 7.38. The van der Waals surface area contributed by atoms with Crippen LogP contribution < -0.4 is 4.68 Å². The summed E-state index contributed by atoms with van der Waals surface area (Å²) in [5.41, 5.74) is 1.39. The predicted molar refractivity (Wildman–Crippen MR) is 81.4 cm³/mol. The van der Waals surface area contributed by atoms with Crippen molar-refractivity contribution < 1.29 is 13.5 Å². The van der Waals surface area contributed by atoms with Gasteiger partial charge in [0.1, 0.15) is 0 Å². The number of hydrogen-bond donors (Lipinski definition) is 0. The Balaban J connectivity index is 2.62. The molecule has 22 heavy (non-hydrogen) atoms. The maximum atomic E-state index is 13.4. The third-order valence-corrected chi connectivity index (χ3v) is 3.71. The maximum absolute atomic E-state index is 13.4. The lowest BCUT2D eigenvalue weighted by molar-refractivity contribution is -0.833. The van der Waals surface area contributed by atoms with Gasteiger partial charge in [-0.05, 0) is 10.1 Å². The fourth-order valence-electron chi connectivity index (χ4n) is 2.20. The van der Waals surface area contributed by atoms with Gasteiger partial charge in [0.05, 0.1) is 11.9 Å². The first-order chi connectivity index (χ1) is 9.91. The van der Waals surface area contributed by atoms with Gasteiger partial charge in [0.2, 0.25) is 6.20 Å². The highest BCUT2D eigenvalue weighted by atomic mass is 19.3. The molecule has 0 saturated carbocycles. The molecule has 0 aliphatic rings. The van der Waals surface area contributed by atoms with Gasteiger partial charge in [-0.2, -0.15) is 5.10 Å². The molecular formula is C16H25F2N4+. The molecule has 4 nitrogen and oxygen atoms in total. The SMILES string of the molecule is Cn1nc(C(C)(C)C)cc1-n1cc(C(C)(C)C)c[n+]1C(F)F. The number of halogens is 2. The monoisotopic (exact) mass is 311 g/mol. The average Bonchev–Trinajstić information content (AvgIpc) is 2.89. The van der Waals surface area contributed by atoms with E-state index in [2.05, 4.69) is 25.9 Å². The fourth-order valence-corrected chi connectivity index (χ4v) is 2.20. The minimum Gasteiger partial charge on any atom is -0.247 e. The number of aryl methyl sites for hydroxylation is 1. The van der Waals surface area contributed by atoms with Gasteiger partial charge in [-0.3, -0.25) is 0 Å². The second-order valence-electron chi connectivity index (χ2n) is 7.73. The van der Waals surface area contributed by atoms with Crippen molar-refractivity contribution in [2.75, 3.05) is 0 Å². The number of alkyl halides is 2. The minimum absolute atomic E-state index is 0.133. The van der Waals surface area contributed by atoms with E-state index in [0.717, 1.165) is 15.9 Å². The van der Waals surface area contributed by atoms with E-state index in [4.69, 9.17) is 0 Å². The Kier molecular flexibility index (Phi) is 3.92. The summed E-state index contributed by atoms with van der Waals surface area (Å²) in [6.45, 7) is 9.57. The van der Waals surface area contributed by atoms with Crippen molar-refractivity contribution >= 4 is 0 Å². The van der Waals surface area contributed by atoms with Crippen LogP contribution >= 0.6 is 0 Å². The van der Waals surface area contributed by atoms with E-state index in [-0.39, 0.29) is 10.8 Å². The molecule has 0 N–H and O–H groups in total. The van der Waals surface area contributed by atoms with E-state index < -0.39 is 6.55 Å². The number of hydrogen-bond acceptors (Lipinski definition) is 1. The molecule has 0 spiro atoms. The second-order valence-corrected chi connectivity index (χ2v) is 7.73. The Bertz CT molecular complexity index is 669. The molecule has 0 atom stereocenters. The summed E-state index contributed by atoms with van der Waals surface area (Å²) < 4.78 is 30.9. The van der Waals surface area contributed by atoms with Crippen LogP contribution in [0.4, 0.5) is 8.78 Å². The van der Waals surface area contributed by atoms with Crippen molar-refractivity contribution in [2.24, 2.45) is 7.05 Å². The predicted octanol–water partition coefficient (Wildman–Crippen LogP) is 3.49. The molecule has 0 aromatic carbocycles. The number of rotatable bonds is 2. The van der Waals surface area contributed by atoms with Crippen molar-refractivity contribution in [2.45, 2.75) is 58.9 Å². The van der Waals surface area contributed by atoms with Crippen molar-refractivity contribution in [3.8, 4) is 5.82 Å². The molecule has 0 bridgehead atoms. The van der Waals surface area contributed by atoms with Crippen LogP contribution in [0.3, 0.4) is 0 Å². The average molecular weight is 311 g/mol. The smallest absolute Gasteiger partial charge is 0.247 e. The summed E-state index contributed by atoms with van der Waals surface area (Å²) in [5, 5.41) is 4.47.